The summed E-state index contributed by atoms with van der Waals surface area (Å²) >= 11 is 0. The van der Waals surface area contributed by atoms with Crippen molar-refractivity contribution in [2.45, 2.75) is 51.5 Å². The van der Waals surface area contributed by atoms with Crippen LogP contribution in [0.25, 0.3) is 0 Å². The zero-order valence-corrected chi connectivity index (χ0v) is 36.7. The molecule has 2 atom stereocenters. The summed E-state index contributed by atoms with van der Waals surface area (Å²) in [5.41, 5.74) is 2.96. The fraction of sp³-hybridized carbons (Fsp3) is 0.326. The number of carbonyl (C=O) groups excluding carboxylic acids is 7. The second-order valence-electron chi connectivity index (χ2n) is 15.5. The third-order valence-corrected chi connectivity index (χ3v) is 11.9. The van der Waals surface area contributed by atoms with E-state index >= 15 is 0 Å². The SMILES string of the molecule is CCOc1cc(C(CS(C)(=O)=O)N2C(=O)c3cccc(NC(=O)CCOCc4ccc(COCCNc5cccc6c5C(=O)N(C5CCC(=O)NC5=O)C6=O)cc4)c3C2=O)ccc1OC. The van der Waals surface area contributed by atoms with E-state index in [2.05, 4.69) is 16.0 Å². The van der Waals surface area contributed by atoms with Gasteiger partial charge in [-0.15, -0.1) is 0 Å². The van der Waals surface area contributed by atoms with Crippen LogP contribution in [-0.4, -0.2) is 111 Å². The number of rotatable bonds is 20. The van der Waals surface area contributed by atoms with Crippen molar-refractivity contribution < 1.29 is 60.9 Å². The maximum atomic E-state index is 14.0. The molecule has 7 amide bonds. The number of anilines is 2. The molecule has 1 fully saturated rings. The molecule has 3 aliphatic rings. The molecule has 0 aromatic heterocycles. The summed E-state index contributed by atoms with van der Waals surface area (Å²) in [7, 11) is -2.25. The van der Waals surface area contributed by atoms with E-state index < -0.39 is 69.0 Å². The van der Waals surface area contributed by atoms with E-state index in [1.165, 1.54) is 31.4 Å². The van der Waals surface area contributed by atoms with Crippen LogP contribution in [-0.2, 0) is 46.9 Å². The molecule has 0 bridgehead atoms. The first-order chi connectivity index (χ1) is 31.2. The number of sulfone groups is 1. The van der Waals surface area contributed by atoms with Crippen LogP contribution in [0.15, 0.2) is 78.9 Å². The van der Waals surface area contributed by atoms with Gasteiger partial charge in [0.15, 0.2) is 11.5 Å². The molecule has 0 spiro atoms. The van der Waals surface area contributed by atoms with Gasteiger partial charge in [0.1, 0.15) is 15.9 Å². The number of methoxy groups -OCH3 is 1. The van der Waals surface area contributed by atoms with E-state index in [-0.39, 0.29) is 67.0 Å². The highest BCUT2D eigenvalue weighted by Crippen LogP contribution is 2.39. The van der Waals surface area contributed by atoms with Gasteiger partial charge >= 0.3 is 0 Å². The lowest BCUT2D eigenvalue weighted by molar-refractivity contribution is -0.136. The predicted molar refractivity (Wildman–Crippen MR) is 234 cm³/mol. The summed E-state index contributed by atoms with van der Waals surface area (Å²) in [5, 5.41) is 8.05. The Kier molecular flexibility index (Phi) is 14.0. The van der Waals surface area contributed by atoms with Gasteiger partial charge in [-0.3, -0.25) is 48.7 Å². The molecule has 1 saturated heterocycles. The molecule has 0 saturated carbocycles. The van der Waals surface area contributed by atoms with Gasteiger partial charge in [0, 0.05) is 24.9 Å². The first kappa shape index (κ1) is 46.0. The summed E-state index contributed by atoms with van der Waals surface area (Å²) in [6.45, 7) is 3.21. The molecule has 3 heterocycles. The number of carbonyl (C=O) groups is 7. The molecule has 7 rings (SSSR count). The lowest BCUT2D eigenvalue weighted by Crippen LogP contribution is -2.54. The number of ether oxygens (including phenoxy) is 4. The van der Waals surface area contributed by atoms with Gasteiger partial charge in [0.2, 0.25) is 17.7 Å². The van der Waals surface area contributed by atoms with Crippen LogP contribution >= 0.6 is 0 Å². The molecule has 0 radical (unpaired) electrons. The van der Waals surface area contributed by atoms with Crippen LogP contribution in [0.1, 0.15) is 90.4 Å². The molecule has 0 aliphatic carbocycles. The lowest BCUT2D eigenvalue weighted by Gasteiger charge is -2.27. The van der Waals surface area contributed by atoms with Crippen LogP contribution in [0, 0.1) is 0 Å². The summed E-state index contributed by atoms with van der Waals surface area (Å²) in [5.74, 6) is -4.04. The Balaban J connectivity index is 0.867. The van der Waals surface area contributed by atoms with Gasteiger partial charge in [0.25, 0.3) is 23.6 Å². The maximum Gasteiger partial charge on any atom is 0.264 e. The van der Waals surface area contributed by atoms with Crippen molar-refractivity contribution in [1.82, 2.24) is 15.1 Å². The van der Waals surface area contributed by atoms with Crippen LogP contribution in [0.3, 0.4) is 0 Å². The summed E-state index contributed by atoms with van der Waals surface area (Å²) in [4.78, 5) is 93.0. The topological polar surface area (TPSA) is 233 Å². The fourth-order valence-electron chi connectivity index (χ4n) is 7.88. The third kappa shape index (κ3) is 10.2. The van der Waals surface area contributed by atoms with E-state index in [1.807, 2.05) is 24.3 Å². The van der Waals surface area contributed by atoms with Gasteiger partial charge in [-0.1, -0.05) is 42.5 Å². The van der Waals surface area contributed by atoms with Crippen molar-refractivity contribution in [3.63, 3.8) is 0 Å². The monoisotopic (exact) mass is 909 g/mol. The van der Waals surface area contributed by atoms with E-state index in [0.29, 0.717) is 42.5 Å². The van der Waals surface area contributed by atoms with Crippen molar-refractivity contribution in [2.75, 3.05) is 56.1 Å². The molecule has 340 valence electrons. The second kappa shape index (κ2) is 19.8. The smallest absolute Gasteiger partial charge is 0.264 e. The van der Waals surface area contributed by atoms with Crippen LogP contribution in [0.4, 0.5) is 11.4 Å². The van der Waals surface area contributed by atoms with Crippen molar-refractivity contribution in [3.05, 3.63) is 118 Å². The Hall–Kier alpha value is -6.96. The molecule has 3 N–H and O–H groups in total. The quantitative estimate of drug-likeness (QED) is 0.0839. The molecule has 4 aromatic rings. The molecule has 3 aliphatic heterocycles. The molecule has 4 aromatic carbocycles. The Morgan fingerprint density at radius 1 is 0.800 bits per heavy atom. The van der Waals surface area contributed by atoms with Gasteiger partial charge in [-0.05, 0) is 66.4 Å². The average molecular weight is 910 g/mol. The van der Waals surface area contributed by atoms with Crippen LogP contribution < -0.4 is 25.4 Å². The molecule has 65 heavy (non-hydrogen) atoms. The predicted octanol–water partition coefficient (Wildman–Crippen LogP) is 4.05. The number of benzene rings is 4. The fourth-order valence-corrected chi connectivity index (χ4v) is 8.79. The standard InChI is InChI=1S/C46H47N5O13S/c1-4-64-37-23-29(15-17-36(37)61-2)35(26-65(3,59)60)51-44(56)31-8-6-10-33(41(31)46(51)58)48-39(53)19-21-62-24-27-11-13-28(14-12-27)25-63-22-20-47-32-9-5-7-30-40(32)45(57)50(43(30)55)34-16-18-38(52)49-42(34)54/h5-15,17,23,34-35,47H,4,16,18-22,24-26H2,1-3H3,(H,48,53)(H,49,52,54). The number of nitrogens with one attached hydrogen (secondary N) is 3. The number of piperidine rings is 1. The maximum absolute atomic E-state index is 14.0. The highest BCUT2D eigenvalue weighted by atomic mass is 32.2. The van der Waals surface area contributed by atoms with Crippen molar-refractivity contribution in [3.8, 4) is 11.5 Å². The van der Waals surface area contributed by atoms with Gasteiger partial charge in [-0.25, -0.2) is 8.42 Å². The van der Waals surface area contributed by atoms with E-state index in [9.17, 15) is 42.0 Å². The van der Waals surface area contributed by atoms with Gasteiger partial charge < -0.3 is 29.6 Å². The zero-order valence-electron chi connectivity index (χ0n) is 35.8. The van der Waals surface area contributed by atoms with E-state index in [4.69, 9.17) is 18.9 Å². The van der Waals surface area contributed by atoms with Crippen LogP contribution in [0.5, 0.6) is 11.5 Å². The normalized spacial score (nSPS) is 16.3. The molecule has 2 unspecified atom stereocenters. The van der Waals surface area contributed by atoms with Gasteiger partial charge in [0.05, 0.1) is 86.3 Å². The molecular weight excluding hydrogens is 863 g/mol. The van der Waals surface area contributed by atoms with E-state index in [0.717, 1.165) is 27.2 Å². The first-order valence-electron chi connectivity index (χ1n) is 20.8. The number of fused-ring (bicyclic) bond motifs is 2. The third-order valence-electron chi connectivity index (χ3n) is 10.9. The molecular formula is C46H47N5O13S. The number of hydrogen-bond acceptors (Lipinski definition) is 14. The van der Waals surface area contributed by atoms with Crippen molar-refractivity contribution in [1.29, 1.82) is 0 Å². The number of imide groups is 3. The second-order valence-corrected chi connectivity index (χ2v) is 17.7. The Morgan fingerprint density at radius 2 is 1.45 bits per heavy atom. The summed E-state index contributed by atoms with van der Waals surface area (Å²) in [6, 6.07) is 19.3. The molecule has 19 heteroatoms. The average Bonchev–Trinajstić information content (AvgIpc) is 3.68. The minimum absolute atomic E-state index is 0.0275. The first-order valence-corrected chi connectivity index (χ1v) is 22.9. The van der Waals surface area contributed by atoms with Crippen molar-refractivity contribution in [2.24, 2.45) is 0 Å². The highest BCUT2D eigenvalue weighted by molar-refractivity contribution is 7.90. The van der Waals surface area contributed by atoms with Crippen LogP contribution in [0.2, 0.25) is 0 Å². The largest absolute Gasteiger partial charge is 0.493 e. The van der Waals surface area contributed by atoms with E-state index in [1.54, 1.807) is 37.3 Å². The Bertz CT molecular complexity index is 2670. The Labute approximate surface area is 374 Å². The lowest BCUT2D eigenvalue weighted by atomic mass is 10.0. The summed E-state index contributed by atoms with van der Waals surface area (Å²) < 4.78 is 47.8. The zero-order chi connectivity index (χ0) is 46.4. The van der Waals surface area contributed by atoms with Gasteiger partial charge in [-0.2, -0.15) is 0 Å². The molecule has 18 nitrogen and oxygen atoms in total. The highest BCUT2D eigenvalue weighted by Gasteiger charge is 2.46. The minimum Gasteiger partial charge on any atom is -0.493 e. The number of nitrogens with zero attached hydrogens (tertiary/aromatic N) is 2. The minimum atomic E-state index is -3.71. The number of amides is 7. The Morgan fingerprint density at radius 3 is 2.09 bits per heavy atom. The summed E-state index contributed by atoms with van der Waals surface area (Å²) in [6.07, 6.45) is 1.06. The van der Waals surface area contributed by atoms with Crippen molar-refractivity contribution >= 4 is 62.6 Å². The number of hydrogen-bond donors (Lipinski definition) is 3.